The van der Waals surface area contributed by atoms with Crippen LogP contribution in [0.5, 0.6) is 11.5 Å². The molecular weight excluding hydrogens is 396 g/mol. The molecule has 1 aliphatic heterocycles. The lowest BCUT2D eigenvalue weighted by Crippen LogP contribution is -2.45. The van der Waals surface area contributed by atoms with E-state index < -0.39 is 11.8 Å². The maximum Gasteiger partial charge on any atom is 0.285 e. The maximum absolute atomic E-state index is 12.7. The second kappa shape index (κ2) is 8.04. The molecule has 2 aromatic rings. The van der Waals surface area contributed by atoms with E-state index in [1.165, 1.54) is 13.2 Å². The van der Waals surface area contributed by atoms with Crippen LogP contribution in [0.4, 0.5) is 0 Å². The van der Waals surface area contributed by atoms with Crippen LogP contribution in [0.15, 0.2) is 41.3 Å². The molecule has 1 heterocycles. The van der Waals surface area contributed by atoms with Gasteiger partial charge in [0, 0.05) is 5.56 Å². The van der Waals surface area contributed by atoms with E-state index >= 15 is 0 Å². The number of thioether (sulfide) groups is 1. The van der Waals surface area contributed by atoms with Crippen molar-refractivity contribution in [1.82, 2.24) is 10.4 Å². The van der Waals surface area contributed by atoms with Gasteiger partial charge in [-0.2, -0.15) is 5.01 Å². The Balaban J connectivity index is 1.81. The molecular formula is C20H18N2O4S2. The number of carbonyl (C=O) groups is 2. The van der Waals surface area contributed by atoms with Crippen molar-refractivity contribution in [2.45, 2.75) is 13.8 Å². The van der Waals surface area contributed by atoms with Crippen LogP contribution in [-0.4, -0.2) is 33.4 Å². The number of hydrogen-bond acceptors (Lipinski definition) is 6. The molecule has 144 valence electrons. The fourth-order valence-electron chi connectivity index (χ4n) is 2.73. The summed E-state index contributed by atoms with van der Waals surface area (Å²) in [6.07, 6.45) is 1.63. The Morgan fingerprint density at radius 2 is 2.00 bits per heavy atom. The number of phenols is 1. The molecule has 0 spiro atoms. The maximum atomic E-state index is 12.7. The Labute approximate surface area is 172 Å². The number of aryl methyl sites for hydroxylation is 2. The van der Waals surface area contributed by atoms with Crippen molar-refractivity contribution in [2.75, 3.05) is 7.11 Å². The summed E-state index contributed by atoms with van der Waals surface area (Å²) >= 11 is 6.34. The molecule has 1 aliphatic rings. The molecule has 2 N–H and O–H groups in total. The number of nitrogens with zero attached hydrogens (tertiary/aromatic N) is 1. The Kier molecular flexibility index (Phi) is 5.71. The number of methoxy groups -OCH3 is 1. The van der Waals surface area contributed by atoms with Crippen LogP contribution in [0.1, 0.15) is 27.0 Å². The normalized spacial score (nSPS) is 15.2. The van der Waals surface area contributed by atoms with Gasteiger partial charge in [0.05, 0.1) is 12.0 Å². The van der Waals surface area contributed by atoms with E-state index in [0.29, 0.717) is 21.8 Å². The molecule has 0 bridgehead atoms. The van der Waals surface area contributed by atoms with Gasteiger partial charge in [0.25, 0.3) is 11.8 Å². The number of thiocarbonyl (C=S) groups is 1. The molecule has 1 saturated heterocycles. The Morgan fingerprint density at radius 1 is 1.25 bits per heavy atom. The summed E-state index contributed by atoms with van der Waals surface area (Å²) in [7, 11) is 1.45. The summed E-state index contributed by atoms with van der Waals surface area (Å²) in [6, 6.07) is 10.2. The number of phenolic OH excluding ortho intramolecular Hbond substituents is 1. The van der Waals surface area contributed by atoms with E-state index in [4.69, 9.17) is 17.0 Å². The molecule has 0 atom stereocenters. The minimum Gasteiger partial charge on any atom is -0.504 e. The van der Waals surface area contributed by atoms with Crippen molar-refractivity contribution in [3.63, 3.8) is 0 Å². The van der Waals surface area contributed by atoms with Crippen molar-refractivity contribution >= 4 is 46.2 Å². The van der Waals surface area contributed by atoms with Gasteiger partial charge in [-0.15, -0.1) is 0 Å². The van der Waals surface area contributed by atoms with Gasteiger partial charge >= 0.3 is 0 Å². The number of carbonyl (C=O) groups excluding carboxylic acids is 2. The van der Waals surface area contributed by atoms with Gasteiger partial charge in [-0.05, 0) is 61.5 Å². The number of nitrogens with one attached hydrogen (secondary N) is 1. The monoisotopic (exact) mass is 414 g/mol. The highest BCUT2D eigenvalue weighted by Crippen LogP contribution is 2.33. The Bertz CT molecular complexity index is 1020. The van der Waals surface area contributed by atoms with Crippen molar-refractivity contribution < 1.29 is 19.4 Å². The summed E-state index contributed by atoms with van der Waals surface area (Å²) in [6.45, 7) is 3.78. The third kappa shape index (κ3) is 4.02. The first-order valence-electron chi connectivity index (χ1n) is 8.33. The number of aromatic hydroxyl groups is 1. The number of amides is 2. The number of rotatable bonds is 4. The van der Waals surface area contributed by atoms with Crippen LogP contribution in [0.2, 0.25) is 0 Å². The van der Waals surface area contributed by atoms with Gasteiger partial charge in [0.2, 0.25) is 0 Å². The number of ether oxygens (including phenoxy) is 1. The van der Waals surface area contributed by atoms with E-state index in [2.05, 4.69) is 5.43 Å². The zero-order valence-corrected chi connectivity index (χ0v) is 17.1. The molecule has 3 rings (SSSR count). The SMILES string of the molecule is COc1cc(C=C2SC(=S)N(NC(=O)c3ccc(C)cc3C)C2=O)ccc1O. The molecule has 6 nitrogen and oxygen atoms in total. The van der Waals surface area contributed by atoms with Crippen molar-refractivity contribution in [1.29, 1.82) is 0 Å². The van der Waals surface area contributed by atoms with Crippen LogP contribution in [0.3, 0.4) is 0 Å². The lowest BCUT2D eigenvalue weighted by molar-refractivity contribution is -0.123. The highest BCUT2D eigenvalue weighted by Gasteiger charge is 2.34. The fourth-order valence-corrected chi connectivity index (χ4v) is 3.91. The summed E-state index contributed by atoms with van der Waals surface area (Å²) in [4.78, 5) is 25.6. The number of hydrogen-bond donors (Lipinski definition) is 2. The predicted octanol–water partition coefficient (Wildman–Crippen LogP) is 3.56. The lowest BCUT2D eigenvalue weighted by Gasteiger charge is -2.16. The summed E-state index contributed by atoms with van der Waals surface area (Å²) in [5.74, 6) is -0.512. The summed E-state index contributed by atoms with van der Waals surface area (Å²) in [5.41, 5.74) is 5.58. The van der Waals surface area contributed by atoms with Gasteiger partial charge in [-0.3, -0.25) is 15.0 Å². The molecule has 8 heteroatoms. The van der Waals surface area contributed by atoms with Gasteiger partial charge in [-0.1, -0.05) is 35.5 Å². The van der Waals surface area contributed by atoms with Crippen molar-refractivity contribution in [3.8, 4) is 11.5 Å². The zero-order valence-electron chi connectivity index (χ0n) is 15.5. The van der Waals surface area contributed by atoms with Crippen molar-refractivity contribution in [3.05, 3.63) is 63.6 Å². The lowest BCUT2D eigenvalue weighted by atomic mass is 10.1. The van der Waals surface area contributed by atoms with Crippen LogP contribution >= 0.6 is 24.0 Å². The minimum absolute atomic E-state index is 0.00734. The van der Waals surface area contributed by atoms with E-state index in [-0.39, 0.29) is 10.1 Å². The first kappa shape index (κ1) is 19.9. The molecule has 0 aromatic heterocycles. The average Bonchev–Trinajstić information content (AvgIpc) is 2.90. The average molecular weight is 415 g/mol. The van der Waals surface area contributed by atoms with E-state index in [0.717, 1.165) is 27.9 Å². The Morgan fingerprint density at radius 3 is 2.68 bits per heavy atom. The smallest absolute Gasteiger partial charge is 0.285 e. The largest absolute Gasteiger partial charge is 0.504 e. The van der Waals surface area contributed by atoms with E-state index in [1.54, 1.807) is 24.3 Å². The van der Waals surface area contributed by atoms with Gasteiger partial charge in [-0.25, -0.2) is 0 Å². The second-order valence-corrected chi connectivity index (χ2v) is 7.88. The minimum atomic E-state index is -0.417. The van der Waals surface area contributed by atoms with E-state index in [1.807, 2.05) is 26.0 Å². The topological polar surface area (TPSA) is 78.9 Å². The molecule has 0 radical (unpaired) electrons. The quantitative estimate of drug-likeness (QED) is 0.588. The molecule has 1 fully saturated rings. The summed E-state index contributed by atoms with van der Waals surface area (Å²) in [5, 5.41) is 10.8. The molecule has 2 aromatic carbocycles. The molecule has 0 saturated carbocycles. The molecule has 0 unspecified atom stereocenters. The Hall–Kier alpha value is -2.84. The molecule has 28 heavy (non-hydrogen) atoms. The zero-order chi connectivity index (χ0) is 20.4. The molecule has 0 aliphatic carbocycles. The fraction of sp³-hybridized carbons (Fsp3) is 0.150. The summed E-state index contributed by atoms with van der Waals surface area (Å²) < 4.78 is 5.31. The van der Waals surface area contributed by atoms with Gasteiger partial charge < -0.3 is 9.84 Å². The van der Waals surface area contributed by atoms with E-state index in [9.17, 15) is 14.7 Å². The van der Waals surface area contributed by atoms with Crippen LogP contribution in [0.25, 0.3) is 6.08 Å². The van der Waals surface area contributed by atoms with Crippen LogP contribution in [0, 0.1) is 13.8 Å². The first-order valence-corrected chi connectivity index (χ1v) is 9.56. The highest BCUT2D eigenvalue weighted by molar-refractivity contribution is 8.26. The van der Waals surface area contributed by atoms with Crippen molar-refractivity contribution in [2.24, 2.45) is 0 Å². The second-order valence-electron chi connectivity index (χ2n) is 6.21. The number of benzene rings is 2. The predicted molar refractivity (Wildman–Crippen MR) is 113 cm³/mol. The first-order chi connectivity index (χ1) is 13.3. The third-order valence-electron chi connectivity index (χ3n) is 4.14. The third-order valence-corrected chi connectivity index (χ3v) is 5.44. The highest BCUT2D eigenvalue weighted by atomic mass is 32.2. The van der Waals surface area contributed by atoms with Crippen LogP contribution < -0.4 is 10.2 Å². The number of hydrazine groups is 1. The standard InChI is InChI=1S/C20H18N2O4S2/c1-11-4-6-14(12(2)8-11)18(24)21-22-19(25)17(28-20(22)27)10-13-5-7-15(23)16(9-13)26-3/h4-10,23H,1-3H3,(H,21,24). The van der Waals surface area contributed by atoms with Crippen LogP contribution in [-0.2, 0) is 4.79 Å². The van der Waals surface area contributed by atoms with Gasteiger partial charge in [0.1, 0.15) is 0 Å². The molecule has 2 amide bonds. The van der Waals surface area contributed by atoms with Gasteiger partial charge in [0.15, 0.2) is 15.8 Å².